The Labute approximate surface area is 146 Å². The largest absolute Gasteiger partial charge is 0.344 e. The zero-order valence-corrected chi connectivity index (χ0v) is 15.9. The molecule has 132 valence electrons. The van der Waals surface area contributed by atoms with Gasteiger partial charge in [0, 0.05) is 0 Å². The normalized spacial score (nSPS) is 8.10. The van der Waals surface area contributed by atoms with E-state index in [2.05, 4.69) is 6.92 Å². The Kier molecular flexibility index (Phi) is 68.3. The Morgan fingerprint density at radius 2 is 0.750 bits per heavy atom. The maximum atomic E-state index is 5.45. The maximum Gasteiger partial charge on any atom is -0.00773 e. The van der Waals surface area contributed by atoms with Crippen LogP contribution in [0.4, 0.5) is 0 Å². The first kappa shape index (κ1) is 37.2. The van der Waals surface area contributed by atoms with Gasteiger partial charge in [-0.15, -0.1) is 37.2 Å². The van der Waals surface area contributed by atoms with Crippen LogP contribution in [0.5, 0.6) is 0 Å². The predicted octanol–water partition coefficient (Wildman–Crippen LogP) is 6.24. The number of unbranched alkanes of at least 4 members (excludes halogenated alkanes) is 11. The van der Waals surface area contributed by atoms with Crippen molar-refractivity contribution in [3.8, 4) is 0 Å². The minimum Gasteiger partial charge on any atom is -0.344 e. The lowest BCUT2D eigenvalue weighted by Gasteiger charge is -2.01. The summed E-state index contributed by atoms with van der Waals surface area (Å²) in [5, 5.41) is 0. The van der Waals surface area contributed by atoms with Gasteiger partial charge < -0.3 is 18.0 Å². The lowest BCUT2D eigenvalue weighted by molar-refractivity contribution is 0.545. The van der Waals surface area contributed by atoms with Gasteiger partial charge in [0.05, 0.1) is 0 Å². The van der Waals surface area contributed by atoms with Crippen LogP contribution in [0.3, 0.4) is 0 Å². The third-order valence-corrected chi connectivity index (χ3v) is 3.06. The lowest BCUT2D eigenvalue weighted by atomic mass is 10.1. The zero-order chi connectivity index (χ0) is 11.2. The van der Waals surface area contributed by atoms with E-state index in [1.165, 1.54) is 77.0 Å². The molecule has 0 radical (unpaired) electrons. The molecule has 0 aliphatic heterocycles. The summed E-state index contributed by atoms with van der Waals surface area (Å²) in [4.78, 5) is 0. The Hall–Kier alpha value is 0.750. The van der Waals surface area contributed by atoms with Gasteiger partial charge in [-0.25, -0.2) is 0 Å². The molecule has 0 atom stereocenters. The Morgan fingerprint density at radius 3 is 1.00 bits per heavy atom. The van der Waals surface area contributed by atoms with E-state index in [1.54, 1.807) is 0 Å². The van der Waals surface area contributed by atoms with Crippen molar-refractivity contribution in [3.05, 3.63) is 0 Å². The predicted molar refractivity (Wildman–Crippen MR) is 102 cm³/mol. The second kappa shape index (κ2) is 36.7. The number of halogens is 3. The van der Waals surface area contributed by atoms with E-state index in [-0.39, 0.29) is 49.5 Å². The Balaban J connectivity index is -0.0000000980. The molecule has 0 aromatic rings. The highest BCUT2D eigenvalue weighted by Crippen LogP contribution is 2.11. The quantitative estimate of drug-likeness (QED) is 0.361. The minimum absolute atomic E-state index is 0. The van der Waals surface area contributed by atoms with Gasteiger partial charge >= 0.3 is 0 Å². The molecule has 0 saturated heterocycles. The molecule has 3 nitrogen and oxygen atoms in total. The first-order valence-corrected chi connectivity index (χ1v) is 7.12. The second-order valence-electron chi connectivity index (χ2n) is 4.68. The molecule has 0 unspecified atom stereocenters. The minimum atomic E-state index is 0. The van der Waals surface area contributed by atoms with Crippen LogP contribution in [-0.4, -0.2) is 6.54 Å². The Bertz CT molecular complexity index is 108. The molecule has 0 bridgehead atoms. The molecule has 0 spiro atoms. The summed E-state index contributed by atoms with van der Waals surface area (Å²) in [6, 6.07) is 0. The fourth-order valence-electron chi connectivity index (χ4n) is 1.99. The van der Waals surface area contributed by atoms with Gasteiger partial charge in [-0.05, 0) is 13.0 Å². The average Bonchev–Trinajstić information content (AvgIpc) is 2.26. The molecule has 0 aliphatic carbocycles. The summed E-state index contributed by atoms with van der Waals surface area (Å²) in [5.41, 5.74) is 5.45. The number of rotatable bonds is 12. The first-order valence-electron chi connectivity index (χ1n) is 7.12. The molecule has 0 aromatic carbocycles. The van der Waals surface area contributed by atoms with Crippen LogP contribution in [0, 0.1) is 0 Å². The molecule has 0 fully saturated rings. The monoisotopic (exact) mass is 355 g/mol. The number of hydrogen-bond donors (Lipinski definition) is 3. The van der Waals surface area contributed by atoms with E-state index in [0.29, 0.717) is 0 Å². The molecular weight excluding hydrogens is 317 g/mol. The fraction of sp³-hybridized carbons (Fsp3) is 1.00. The van der Waals surface area contributed by atoms with Crippen LogP contribution in [0.2, 0.25) is 0 Å². The molecule has 0 amide bonds. The zero-order valence-electron chi connectivity index (χ0n) is 13.4. The molecule has 0 aliphatic rings. The van der Waals surface area contributed by atoms with Crippen molar-refractivity contribution in [2.75, 3.05) is 6.54 Å². The highest BCUT2D eigenvalue weighted by atomic mass is 35.5. The van der Waals surface area contributed by atoms with E-state index < -0.39 is 0 Å². The van der Waals surface area contributed by atoms with Crippen molar-refractivity contribution >= 4 is 37.2 Å². The van der Waals surface area contributed by atoms with Crippen molar-refractivity contribution < 1.29 is 0 Å². The standard InChI is InChI=1S/C14H31N.3ClH.2H3N/c1-2-3-4-5-6-7-8-9-10-11-12-13-14-15;;;;;/h2-15H2,1H3;3*1H;2*1H3. The molecular formula is C14H40Cl3N3. The van der Waals surface area contributed by atoms with Crippen molar-refractivity contribution in [2.45, 2.75) is 84.0 Å². The SMILES string of the molecule is CCCCCCCCCCCCCCN.Cl.Cl.Cl.N.N. The highest BCUT2D eigenvalue weighted by Gasteiger charge is 1.92. The van der Waals surface area contributed by atoms with E-state index in [1.807, 2.05) is 0 Å². The van der Waals surface area contributed by atoms with Gasteiger partial charge in [-0.2, -0.15) is 0 Å². The van der Waals surface area contributed by atoms with Crippen LogP contribution >= 0.6 is 37.2 Å². The van der Waals surface area contributed by atoms with Crippen molar-refractivity contribution in [3.63, 3.8) is 0 Å². The van der Waals surface area contributed by atoms with Crippen LogP contribution in [0.15, 0.2) is 0 Å². The third kappa shape index (κ3) is 36.3. The molecule has 0 rings (SSSR count). The van der Waals surface area contributed by atoms with E-state index >= 15 is 0 Å². The van der Waals surface area contributed by atoms with Gasteiger partial charge in [0.2, 0.25) is 0 Å². The van der Waals surface area contributed by atoms with Crippen molar-refractivity contribution in [1.82, 2.24) is 12.3 Å². The lowest BCUT2D eigenvalue weighted by Crippen LogP contribution is -1.97. The fourth-order valence-corrected chi connectivity index (χ4v) is 1.99. The summed E-state index contributed by atoms with van der Waals surface area (Å²) < 4.78 is 0. The van der Waals surface area contributed by atoms with Gasteiger partial charge in [0.15, 0.2) is 0 Å². The summed E-state index contributed by atoms with van der Waals surface area (Å²) >= 11 is 0. The molecule has 20 heavy (non-hydrogen) atoms. The number of nitrogens with two attached hydrogens (primary N) is 1. The smallest absolute Gasteiger partial charge is 0.00773 e. The van der Waals surface area contributed by atoms with Gasteiger partial charge in [0.1, 0.15) is 0 Å². The Morgan fingerprint density at radius 1 is 0.500 bits per heavy atom. The van der Waals surface area contributed by atoms with Crippen LogP contribution in [0.1, 0.15) is 84.0 Å². The highest BCUT2D eigenvalue weighted by molar-refractivity contribution is 5.86. The third-order valence-electron chi connectivity index (χ3n) is 3.06. The van der Waals surface area contributed by atoms with E-state index in [9.17, 15) is 0 Å². The molecule has 0 aromatic heterocycles. The van der Waals surface area contributed by atoms with Crippen molar-refractivity contribution in [2.24, 2.45) is 5.73 Å². The molecule has 8 N–H and O–H groups in total. The van der Waals surface area contributed by atoms with Gasteiger partial charge in [-0.3, -0.25) is 0 Å². The second-order valence-corrected chi connectivity index (χ2v) is 4.68. The molecule has 6 heteroatoms. The number of hydrogen-bond acceptors (Lipinski definition) is 3. The topological polar surface area (TPSA) is 96.0 Å². The van der Waals surface area contributed by atoms with Gasteiger partial charge in [-0.1, -0.05) is 77.6 Å². The van der Waals surface area contributed by atoms with Gasteiger partial charge in [0.25, 0.3) is 0 Å². The summed E-state index contributed by atoms with van der Waals surface area (Å²) in [7, 11) is 0. The van der Waals surface area contributed by atoms with Crippen LogP contribution in [-0.2, 0) is 0 Å². The van der Waals surface area contributed by atoms with Crippen molar-refractivity contribution in [1.29, 1.82) is 0 Å². The molecule has 0 saturated carbocycles. The summed E-state index contributed by atoms with van der Waals surface area (Å²) in [6.45, 7) is 3.15. The summed E-state index contributed by atoms with van der Waals surface area (Å²) in [5.74, 6) is 0. The van der Waals surface area contributed by atoms with E-state index in [0.717, 1.165) is 6.54 Å². The maximum absolute atomic E-state index is 5.45. The van der Waals surface area contributed by atoms with Crippen LogP contribution < -0.4 is 18.0 Å². The summed E-state index contributed by atoms with van der Waals surface area (Å²) in [6.07, 6.45) is 16.9. The van der Waals surface area contributed by atoms with Crippen LogP contribution in [0.25, 0.3) is 0 Å². The van der Waals surface area contributed by atoms with E-state index in [4.69, 9.17) is 5.73 Å². The average molecular weight is 357 g/mol. The molecule has 0 heterocycles. The first-order chi connectivity index (χ1) is 7.41.